The van der Waals surface area contributed by atoms with Crippen molar-refractivity contribution in [3.05, 3.63) is 11.8 Å². The van der Waals surface area contributed by atoms with Crippen LogP contribution in [0.1, 0.15) is 13.8 Å². The van der Waals surface area contributed by atoms with E-state index in [-0.39, 0.29) is 62.7 Å². The van der Waals surface area contributed by atoms with Gasteiger partial charge in [-0.3, -0.25) is 9.59 Å². The molecule has 0 unspecified atom stereocenters. The van der Waals surface area contributed by atoms with Gasteiger partial charge in [-0.25, -0.2) is 0 Å². The normalized spacial score (nSPS) is 24.3. The fraction of sp³-hybridized carbons (Fsp3) is 0.429. The molecule has 0 amide bonds. The number of carbonyl (C=O) groups is 2. The largest absolute Gasteiger partial charge is 1.00 e. The Kier molecular flexibility index (Phi) is 4.71. The Hall–Kier alpha value is 0.866. The molecule has 1 saturated heterocycles. The first-order chi connectivity index (χ1) is 4.99. The summed E-state index contributed by atoms with van der Waals surface area (Å²) < 4.78 is -0.743. The van der Waals surface area contributed by atoms with E-state index < -0.39 is 9.86 Å². The molecule has 1 aliphatic rings. The smallest absolute Gasteiger partial charge is 0.877 e. The summed E-state index contributed by atoms with van der Waals surface area (Å²) in [5.41, 5.74) is -0.208. The Balaban J connectivity index is 0.00000121. The van der Waals surface area contributed by atoms with Crippen molar-refractivity contribution in [3.63, 3.8) is 0 Å². The van der Waals surface area contributed by atoms with Crippen molar-refractivity contribution in [1.29, 1.82) is 0 Å². The van der Waals surface area contributed by atoms with Gasteiger partial charge in [-0.1, -0.05) is 11.8 Å². The molecule has 0 saturated carbocycles. The van der Waals surface area contributed by atoms with Gasteiger partial charge in [-0.2, -0.15) is 0 Å². The molecule has 0 aliphatic carbocycles. The van der Waals surface area contributed by atoms with Gasteiger partial charge >= 0.3 is 51.4 Å². The van der Waals surface area contributed by atoms with Crippen LogP contribution >= 0.6 is 11.8 Å². The van der Waals surface area contributed by atoms with E-state index in [0.29, 0.717) is 6.26 Å². The third-order valence-corrected chi connectivity index (χ3v) is 2.58. The first kappa shape index (κ1) is 12.9. The maximum atomic E-state index is 11.2. The van der Waals surface area contributed by atoms with E-state index in [0.717, 1.165) is 11.8 Å². The SMILES string of the molecule is CC1(C)SC(=O)/C(=C/[O-])C1=O.[K+]. The standard InChI is InChI=1S/C7H8O3S.K/c1-7(2)5(9)4(3-8)6(10)11-7;/h3,8H,1-2H3;/q;+1/p-1/b4-3+;. The third kappa shape index (κ3) is 2.21. The number of ketones is 1. The number of hydrogen-bond acceptors (Lipinski definition) is 4. The summed E-state index contributed by atoms with van der Waals surface area (Å²) in [6.45, 7) is 3.27. The number of thioether (sulfide) groups is 1. The average Bonchev–Trinajstić information content (AvgIpc) is 2.04. The second-order valence-electron chi connectivity index (χ2n) is 2.76. The minimum atomic E-state index is -0.743. The molecule has 0 spiro atoms. The van der Waals surface area contributed by atoms with Gasteiger partial charge in [0.25, 0.3) is 0 Å². The van der Waals surface area contributed by atoms with Gasteiger partial charge in [0.1, 0.15) is 0 Å². The summed E-state index contributed by atoms with van der Waals surface area (Å²) in [5.74, 6) is -0.359. The van der Waals surface area contributed by atoms with Gasteiger partial charge in [0.15, 0.2) is 5.78 Å². The summed E-state index contributed by atoms with van der Waals surface area (Å²) >= 11 is 0.907. The fourth-order valence-electron chi connectivity index (χ4n) is 0.852. The summed E-state index contributed by atoms with van der Waals surface area (Å²) in [5, 5.41) is 9.82. The van der Waals surface area contributed by atoms with Crippen molar-refractivity contribution in [2.45, 2.75) is 18.6 Å². The van der Waals surface area contributed by atoms with Crippen LogP contribution in [0.5, 0.6) is 0 Å². The number of carbonyl (C=O) groups excluding carboxylic acids is 2. The molecular weight excluding hydrogens is 203 g/mol. The van der Waals surface area contributed by atoms with E-state index in [2.05, 4.69) is 0 Å². The predicted molar refractivity (Wildman–Crippen MR) is 39.8 cm³/mol. The molecule has 60 valence electrons. The summed E-state index contributed by atoms with van der Waals surface area (Å²) in [4.78, 5) is 22.1. The van der Waals surface area contributed by atoms with Crippen molar-refractivity contribution in [2.24, 2.45) is 0 Å². The van der Waals surface area contributed by atoms with Crippen molar-refractivity contribution >= 4 is 22.7 Å². The molecule has 1 rings (SSSR count). The van der Waals surface area contributed by atoms with Gasteiger partial charge in [-0.05, 0) is 13.8 Å². The molecule has 0 N–H and O–H groups in total. The molecule has 0 aromatic carbocycles. The number of rotatable bonds is 0. The van der Waals surface area contributed by atoms with Gasteiger partial charge in [0.2, 0.25) is 5.12 Å². The number of Topliss-reactive ketones (excluding diaryl/α,β-unsaturated/α-hetero) is 1. The predicted octanol–water partition coefficient (Wildman–Crippen LogP) is -3.14. The van der Waals surface area contributed by atoms with Crippen molar-refractivity contribution in [2.75, 3.05) is 0 Å². The van der Waals surface area contributed by atoms with Gasteiger partial charge in [0.05, 0.1) is 10.3 Å². The Bertz CT molecular complexity index is 257. The first-order valence-corrected chi connectivity index (χ1v) is 3.91. The monoisotopic (exact) mass is 210 g/mol. The second-order valence-corrected chi connectivity index (χ2v) is 4.36. The maximum absolute atomic E-state index is 11.2. The Labute approximate surface area is 117 Å². The molecule has 3 nitrogen and oxygen atoms in total. The van der Waals surface area contributed by atoms with E-state index >= 15 is 0 Å². The van der Waals surface area contributed by atoms with Crippen LogP contribution in [0.3, 0.4) is 0 Å². The van der Waals surface area contributed by atoms with E-state index in [1.54, 1.807) is 13.8 Å². The zero-order valence-corrected chi connectivity index (χ0v) is 11.1. The molecule has 1 fully saturated rings. The molecule has 1 aliphatic heterocycles. The van der Waals surface area contributed by atoms with E-state index in [9.17, 15) is 14.7 Å². The van der Waals surface area contributed by atoms with Crippen LogP contribution in [0.2, 0.25) is 0 Å². The Morgan fingerprint density at radius 1 is 1.42 bits per heavy atom. The van der Waals surface area contributed by atoms with Crippen molar-refractivity contribution < 1.29 is 66.1 Å². The van der Waals surface area contributed by atoms with Crippen LogP contribution in [0.4, 0.5) is 0 Å². The summed E-state index contributed by atoms with van der Waals surface area (Å²) in [6, 6.07) is 0. The third-order valence-electron chi connectivity index (χ3n) is 1.48. The minimum Gasteiger partial charge on any atom is -0.877 e. The fourth-order valence-corrected chi connectivity index (χ4v) is 1.77. The quantitative estimate of drug-likeness (QED) is 0.183. The van der Waals surface area contributed by atoms with Crippen molar-refractivity contribution in [1.82, 2.24) is 0 Å². The van der Waals surface area contributed by atoms with Crippen molar-refractivity contribution in [3.8, 4) is 0 Å². The van der Waals surface area contributed by atoms with Crippen LogP contribution in [-0.4, -0.2) is 15.6 Å². The van der Waals surface area contributed by atoms with E-state index in [4.69, 9.17) is 0 Å². The topological polar surface area (TPSA) is 57.2 Å². The van der Waals surface area contributed by atoms with Gasteiger partial charge in [0, 0.05) is 0 Å². The van der Waals surface area contributed by atoms with Gasteiger partial charge < -0.3 is 5.11 Å². The molecule has 0 aromatic rings. The molecule has 0 atom stereocenters. The zero-order valence-electron chi connectivity index (χ0n) is 7.21. The molecule has 0 aromatic heterocycles. The molecule has 0 radical (unpaired) electrons. The Morgan fingerprint density at radius 3 is 2.08 bits per heavy atom. The van der Waals surface area contributed by atoms with E-state index in [1.165, 1.54) is 0 Å². The maximum Gasteiger partial charge on any atom is 1.00 e. The summed E-state index contributed by atoms with van der Waals surface area (Å²) in [7, 11) is 0. The Morgan fingerprint density at radius 2 is 1.92 bits per heavy atom. The molecule has 1 heterocycles. The van der Waals surface area contributed by atoms with Crippen LogP contribution < -0.4 is 56.5 Å². The summed E-state index contributed by atoms with van der Waals surface area (Å²) in [6.07, 6.45) is 0.340. The van der Waals surface area contributed by atoms with Gasteiger partial charge in [-0.15, -0.1) is 6.26 Å². The average molecular weight is 210 g/mol. The second kappa shape index (κ2) is 4.39. The van der Waals surface area contributed by atoms with Crippen LogP contribution in [-0.2, 0) is 9.59 Å². The zero-order chi connectivity index (χ0) is 8.65. The molecule has 0 bridgehead atoms. The minimum absolute atomic E-state index is 0. The number of hydrogen-bond donors (Lipinski definition) is 0. The molecule has 12 heavy (non-hydrogen) atoms. The van der Waals surface area contributed by atoms with E-state index in [1.807, 2.05) is 0 Å². The first-order valence-electron chi connectivity index (χ1n) is 3.09. The van der Waals surface area contributed by atoms with Crippen LogP contribution in [0.15, 0.2) is 11.8 Å². The van der Waals surface area contributed by atoms with Crippen LogP contribution in [0.25, 0.3) is 0 Å². The molecule has 5 heteroatoms. The van der Waals surface area contributed by atoms with Crippen LogP contribution in [0, 0.1) is 0 Å². The molecular formula is C7H7KO3S.